The quantitative estimate of drug-likeness (QED) is 0.347. The van der Waals surface area contributed by atoms with Crippen LogP contribution in [0.3, 0.4) is 0 Å². The van der Waals surface area contributed by atoms with E-state index < -0.39 is 17.7 Å². The summed E-state index contributed by atoms with van der Waals surface area (Å²) in [5, 5.41) is 9.25. The Hall–Kier alpha value is -3.92. The average Bonchev–Trinajstić information content (AvgIpc) is 3.42. The van der Waals surface area contributed by atoms with Gasteiger partial charge in [-0.05, 0) is 43.4 Å². The molecule has 0 radical (unpaired) electrons. The van der Waals surface area contributed by atoms with E-state index in [0.717, 1.165) is 46.5 Å². The van der Waals surface area contributed by atoms with Crippen LogP contribution in [0.2, 0.25) is 0 Å². The summed E-state index contributed by atoms with van der Waals surface area (Å²) in [6.45, 7) is 3.03. The molecule has 0 bridgehead atoms. The van der Waals surface area contributed by atoms with Crippen molar-refractivity contribution in [2.45, 2.75) is 25.8 Å². The number of methoxy groups -OCH3 is 1. The Labute approximate surface area is 210 Å². The van der Waals surface area contributed by atoms with Crippen molar-refractivity contribution in [2.75, 3.05) is 20.3 Å². The van der Waals surface area contributed by atoms with Crippen molar-refractivity contribution in [3.8, 4) is 28.3 Å². The monoisotopic (exact) mass is 502 g/mol. The van der Waals surface area contributed by atoms with Gasteiger partial charge in [0.2, 0.25) is 5.88 Å². The van der Waals surface area contributed by atoms with Crippen molar-refractivity contribution < 1.29 is 18.3 Å². The number of hydrogen-bond acceptors (Lipinski definition) is 6. The number of rotatable bonds is 3. The number of nitrogens with zero attached hydrogens (tertiary/aromatic N) is 6. The molecule has 0 spiro atoms. The smallest absolute Gasteiger partial charge is 0.238 e. The second-order valence-electron chi connectivity index (χ2n) is 9.72. The van der Waals surface area contributed by atoms with Gasteiger partial charge in [-0.2, -0.15) is 0 Å². The van der Waals surface area contributed by atoms with Crippen molar-refractivity contribution in [3.63, 3.8) is 0 Å². The molecule has 7 rings (SSSR count). The Morgan fingerprint density at radius 2 is 1.89 bits per heavy atom. The number of benzene rings is 1. The zero-order valence-electron chi connectivity index (χ0n) is 20.6. The Morgan fingerprint density at radius 3 is 2.62 bits per heavy atom. The molecule has 10 heteroatoms. The van der Waals surface area contributed by atoms with Crippen LogP contribution >= 0.6 is 0 Å². The summed E-state index contributed by atoms with van der Waals surface area (Å²) in [5.41, 5.74) is 6.13. The molecule has 0 aliphatic carbocycles. The SMILES string of the molecule is COc1nccc2c3ncc(-c4c(C)nnn4C)c4c3n(c12)C(C1CCOCC1)c1c(F)cc(F)cc1-4. The fraction of sp³-hybridized carbons (Fsp3) is 0.333. The van der Waals surface area contributed by atoms with E-state index in [4.69, 9.17) is 14.5 Å². The molecule has 1 saturated heterocycles. The van der Waals surface area contributed by atoms with Crippen molar-refractivity contribution in [1.82, 2.24) is 29.5 Å². The molecule has 4 aromatic heterocycles. The van der Waals surface area contributed by atoms with Crippen molar-refractivity contribution in [1.29, 1.82) is 0 Å². The van der Waals surface area contributed by atoms with Gasteiger partial charge < -0.3 is 14.0 Å². The van der Waals surface area contributed by atoms with Crippen molar-refractivity contribution in [3.05, 3.63) is 53.5 Å². The van der Waals surface area contributed by atoms with Gasteiger partial charge >= 0.3 is 0 Å². The highest BCUT2D eigenvalue weighted by Crippen LogP contribution is 2.53. The van der Waals surface area contributed by atoms with Gasteiger partial charge in [-0.1, -0.05) is 5.21 Å². The summed E-state index contributed by atoms with van der Waals surface area (Å²) in [7, 11) is 3.38. The minimum atomic E-state index is -0.624. The lowest BCUT2D eigenvalue weighted by molar-refractivity contribution is 0.0547. The lowest BCUT2D eigenvalue weighted by Gasteiger charge is -2.37. The Bertz CT molecular complexity index is 1700. The molecule has 5 aromatic rings. The standard InChI is InChI=1S/C27H24F2N6O2/c1-13-23(34(2)33-32-13)18-12-31-22-16-4-7-30-27(36-3)25(16)35-24(14-5-8-37-9-6-14)21-17(20(18)26(22)35)10-15(28)11-19(21)29/h4,7,10-12,14,24H,5-6,8-9H2,1-3H3. The zero-order valence-corrected chi connectivity index (χ0v) is 20.6. The first kappa shape index (κ1) is 22.3. The molecule has 1 atom stereocenters. The third-order valence-corrected chi connectivity index (χ3v) is 7.77. The predicted molar refractivity (Wildman–Crippen MR) is 133 cm³/mol. The molecule has 6 heterocycles. The van der Waals surface area contributed by atoms with E-state index >= 15 is 4.39 Å². The number of fused-ring (bicyclic) bond motifs is 5. The summed E-state index contributed by atoms with van der Waals surface area (Å²) >= 11 is 0. The van der Waals surface area contributed by atoms with E-state index in [9.17, 15) is 4.39 Å². The third-order valence-electron chi connectivity index (χ3n) is 7.77. The maximum atomic E-state index is 16.0. The maximum Gasteiger partial charge on any atom is 0.238 e. The fourth-order valence-corrected chi connectivity index (χ4v) is 6.31. The van der Waals surface area contributed by atoms with Gasteiger partial charge in [0.05, 0.1) is 35.6 Å². The second kappa shape index (κ2) is 8.04. The van der Waals surface area contributed by atoms with E-state index in [1.54, 1.807) is 31.2 Å². The van der Waals surface area contributed by atoms with Crippen LogP contribution in [0.5, 0.6) is 5.88 Å². The fourth-order valence-electron chi connectivity index (χ4n) is 6.31. The largest absolute Gasteiger partial charge is 0.479 e. The molecule has 1 fully saturated rings. The van der Waals surface area contributed by atoms with E-state index in [2.05, 4.69) is 19.9 Å². The van der Waals surface area contributed by atoms with E-state index in [0.29, 0.717) is 47.0 Å². The Balaban J connectivity index is 1.72. The van der Waals surface area contributed by atoms with Crippen molar-refractivity contribution in [2.24, 2.45) is 13.0 Å². The normalized spacial score (nSPS) is 17.5. The van der Waals surface area contributed by atoms with E-state index in [1.165, 1.54) is 6.07 Å². The first-order chi connectivity index (χ1) is 18.0. The number of aromatic nitrogens is 6. The third kappa shape index (κ3) is 3.02. The highest BCUT2D eigenvalue weighted by atomic mass is 19.1. The first-order valence-electron chi connectivity index (χ1n) is 12.3. The number of pyridine rings is 2. The van der Waals surface area contributed by atoms with Crippen LogP contribution < -0.4 is 4.74 Å². The topological polar surface area (TPSA) is 79.9 Å². The van der Waals surface area contributed by atoms with Gasteiger partial charge in [0.1, 0.15) is 17.2 Å². The van der Waals surface area contributed by atoms with Crippen LogP contribution in [0.15, 0.2) is 30.6 Å². The highest BCUT2D eigenvalue weighted by Gasteiger charge is 2.40. The molecule has 1 unspecified atom stereocenters. The lowest BCUT2D eigenvalue weighted by atomic mass is 9.79. The minimum Gasteiger partial charge on any atom is -0.479 e. The minimum absolute atomic E-state index is 0.0630. The summed E-state index contributed by atoms with van der Waals surface area (Å²) in [6.07, 6.45) is 4.93. The van der Waals surface area contributed by atoms with Crippen LogP contribution in [0.1, 0.15) is 30.1 Å². The van der Waals surface area contributed by atoms with Gasteiger partial charge in [-0.3, -0.25) is 4.98 Å². The average molecular weight is 503 g/mol. The molecule has 1 aromatic carbocycles. The number of hydrogen-bond donors (Lipinski definition) is 0. The predicted octanol–water partition coefficient (Wildman–Crippen LogP) is 4.97. The summed E-state index contributed by atoms with van der Waals surface area (Å²) in [5.74, 6) is -0.698. The van der Waals surface area contributed by atoms with Crippen LogP contribution in [0, 0.1) is 24.5 Å². The molecule has 2 aliphatic rings. The van der Waals surface area contributed by atoms with E-state index in [1.807, 2.05) is 13.0 Å². The molecule has 2 aliphatic heterocycles. The maximum absolute atomic E-state index is 16.0. The molecule has 37 heavy (non-hydrogen) atoms. The molecule has 0 N–H and O–H groups in total. The summed E-state index contributed by atoms with van der Waals surface area (Å²) in [6, 6.07) is 3.91. The zero-order chi connectivity index (χ0) is 25.4. The van der Waals surface area contributed by atoms with Crippen LogP contribution in [0.25, 0.3) is 44.3 Å². The van der Waals surface area contributed by atoms with Gasteiger partial charge in [0.25, 0.3) is 0 Å². The van der Waals surface area contributed by atoms with Gasteiger partial charge in [-0.25, -0.2) is 18.4 Å². The Kier molecular flexibility index (Phi) is 4.84. The van der Waals surface area contributed by atoms with Gasteiger partial charge in [-0.15, -0.1) is 5.10 Å². The summed E-state index contributed by atoms with van der Waals surface area (Å²) in [4.78, 5) is 9.38. The molecule has 8 nitrogen and oxygen atoms in total. The molecular formula is C27H24F2N6O2. The lowest BCUT2D eigenvalue weighted by Crippen LogP contribution is -2.30. The van der Waals surface area contributed by atoms with Crippen molar-refractivity contribution >= 4 is 21.9 Å². The summed E-state index contributed by atoms with van der Waals surface area (Å²) < 4.78 is 46.0. The van der Waals surface area contributed by atoms with E-state index in [-0.39, 0.29) is 5.92 Å². The second-order valence-corrected chi connectivity index (χ2v) is 9.72. The van der Waals surface area contributed by atoms with Crippen LogP contribution in [-0.4, -0.2) is 49.9 Å². The number of halogens is 2. The Morgan fingerprint density at radius 1 is 1.08 bits per heavy atom. The molecule has 0 saturated carbocycles. The first-order valence-corrected chi connectivity index (χ1v) is 12.3. The number of ether oxygens (including phenoxy) is 2. The van der Waals surface area contributed by atoms with Gasteiger partial charge in [0, 0.05) is 60.8 Å². The number of aryl methyl sites for hydroxylation is 2. The highest BCUT2D eigenvalue weighted by molar-refractivity contribution is 6.15. The molecular weight excluding hydrogens is 478 g/mol. The molecule has 0 amide bonds. The molecule has 188 valence electrons. The van der Waals surface area contributed by atoms with Crippen LogP contribution in [0.4, 0.5) is 8.78 Å². The van der Waals surface area contributed by atoms with Gasteiger partial charge in [0.15, 0.2) is 0 Å². The van der Waals surface area contributed by atoms with Crippen LogP contribution in [-0.2, 0) is 11.8 Å².